The first-order valence-corrected chi connectivity index (χ1v) is 16.3. The fourth-order valence-electron chi connectivity index (χ4n) is 5.37. The Hall–Kier alpha value is -6.59. The van der Waals surface area contributed by atoms with Crippen molar-refractivity contribution in [1.29, 1.82) is 0 Å². The molecule has 0 aliphatic carbocycles. The number of carbonyl (C=O) groups is 5. The predicted molar refractivity (Wildman–Crippen MR) is 184 cm³/mol. The van der Waals surface area contributed by atoms with E-state index in [1.807, 2.05) is 0 Å². The average molecular weight is 701 g/mol. The lowest BCUT2D eigenvalue weighted by molar-refractivity contribution is -0.282. The number of hydrogen-bond donors (Lipinski definition) is 0. The molecule has 1 aliphatic heterocycles. The molecule has 11 nitrogen and oxygen atoms in total. The Morgan fingerprint density at radius 1 is 0.385 bits per heavy atom. The van der Waals surface area contributed by atoms with Crippen molar-refractivity contribution in [3.8, 4) is 0 Å². The molecule has 5 aromatic carbocycles. The lowest BCUT2D eigenvalue weighted by Gasteiger charge is -2.43. The summed E-state index contributed by atoms with van der Waals surface area (Å²) < 4.78 is 35.5. The van der Waals surface area contributed by atoms with Gasteiger partial charge in [-0.25, -0.2) is 24.0 Å². The van der Waals surface area contributed by atoms with Crippen LogP contribution in [-0.2, 0) is 28.4 Å². The Bertz CT molecular complexity index is 1970. The van der Waals surface area contributed by atoms with E-state index in [-0.39, 0.29) is 27.8 Å². The zero-order chi connectivity index (χ0) is 36.3. The SMILES string of the molecule is O=C(OC[C@H]1O[C@H](OC(=O)c2ccccc2)[C@H](OC(=O)c2ccccc2)[C@@H](OC(=O)c2ccccc2)[C@@H]1OC(=O)c1ccccc1)c1ccccc1. The molecule has 1 fully saturated rings. The maximum atomic E-state index is 13.7. The second kappa shape index (κ2) is 16.9. The molecule has 0 N–H and O–H groups in total. The van der Waals surface area contributed by atoms with Gasteiger partial charge in [0.05, 0.1) is 27.8 Å². The second-order valence-electron chi connectivity index (χ2n) is 11.5. The Morgan fingerprint density at radius 3 is 1.08 bits per heavy atom. The highest BCUT2D eigenvalue weighted by atomic mass is 16.7. The predicted octanol–water partition coefficient (Wildman–Crippen LogP) is 6.10. The summed E-state index contributed by atoms with van der Waals surface area (Å²) in [7, 11) is 0. The molecular formula is C41H32O11. The van der Waals surface area contributed by atoms with Crippen LogP contribution in [0.4, 0.5) is 0 Å². The highest BCUT2D eigenvalue weighted by Crippen LogP contribution is 2.32. The Labute approximate surface area is 298 Å². The van der Waals surface area contributed by atoms with E-state index in [1.165, 1.54) is 48.5 Å². The van der Waals surface area contributed by atoms with Crippen LogP contribution in [0.5, 0.6) is 0 Å². The van der Waals surface area contributed by atoms with Gasteiger partial charge in [0.1, 0.15) is 12.7 Å². The first-order valence-electron chi connectivity index (χ1n) is 16.3. The molecule has 0 radical (unpaired) electrons. The second-order valence-corrected chi connectivity index (χ2v) is 11.5. The molecule has 1 saturated heterocycles. The summed E-state index contributed by atoms with van der Waals surface area (Å²) in [6.07, 6.45) is -8.07. The third kappa shape index (κ3) is 8.76. The van der Waals surface area contributed by atoms with Gasteiger partial charge in [-0.1, -0.05) is 91.0 Å². The molecule has 262 valence electrons. The molecule has 0 aromatic heterocycles. The first kappa shape index (κ1) is 35.2. The summed E-state index contributed by atoms with van der Waals surface area (Å²) in [5.74, 6) is -4.19. The van der Waals surface area contributed by atoms with E-state index < -0.39 is 67.2 Å². The number of benzene rings is 5. The standard InChI is InChI=1S/C41H32O11/c42-36(27-16-6-1-7-17-27)47-26-32-33(49-37(43)28-18-8-2-9-19-28)34(50-38(44)29-20-10-3-11-21-29)35(51-39(45)30-22-12-4-13-23-30)41(48-32)52-40(46)31-24-14-5-15-25-31/h1-25,32-35,41H,26H2/t32-,33-,34+,35-,41-/m1/s1. The molecule has 0 spiro atoms. The van der Waals surface area contributed by atoms with Gasteiger partial charge < -0.3 is 28.4 Å². The minimum Gasteiger partial charge on any atom is -0.459 e. The van der Waals surface area contributed by atoms with Gasteiger partial charge in [0.25, 0.3) is 0 Å². The van der Waals surface area contributed by atoms with Crippen molar-refractivity contribution in [1.82, 2.24) is 0 Å². The van der Waals surface area contributed by atoms with Crippen LogP contribution < -0.4 is 0 Å². The van der Waals surface area contributed by atoms with Crippen LogP contribution in [0.15, 0.2) is 152 Å². The van der Waals surface area contributed by atoms with Gasteiger partial charge in [-0.2, -0.15) is 0 Å². The summed E-state index contributed by atoms with van der Waals surface area (Å²) in [6.45, 7) is -0.557. The van der Waals surface area contributed by atoms with E-state index >= 15 is 0 Å². The van der Waals surface area contributed by atoms with Crippen molar-refractivity contribution in [3.05, 3.63) is 179 Å². The molecule has 5 atom stereocenters. The normalized spacial score (nSPS) is 19.3. The molecule has 5 aromatic rings. The smallest absolute Gasteiger partial charge is 0.340 e. The third-order valence-electron chi connectivity index (χ3n) is 7.97. The van der Waals surface area contributed by atoms with Crippen LogP contribution in [0.3, 0.4) is 0 Å². The molecule has 0 amide bonds. The summed E-state index contributed by atoms with van der Waals surface area (Å²) in [6, 6.07) is 40.0. The van der Waals surface area contributed by atoms with Crippen LogP contribution in [-0.4, -0.2) is 67.2 Å². The lowest BCUT2D eigenvalue weighted by atomic mass is 9.97. The Balaban J connectivity index is 1.41. The summed E-state index contributed by atoms with van der Waals surface area (Å²) in [4.78, 5) is 67.4. The van der Waals surface area contributed by atoms with Gasteiger partial charge >= 0.3 is 29.8 Å². The maximum Gasteiger partial charge on any atom is 0.340 e. The van der Waals surface area contributed by atoms with Gasteiger partial charge in [0.2, 0.25) is 12.4 Å². The van der Waals surface area contributed by atoms with E-state index in [1.54, 1.807) is 103 Å². The minimum atomic E-state index is -1.75. The van der Waals surface area contributed by atoms with E-state index in [2.05, 4.69) is 0 Å². The molecule has 1 heterocycles. The molecular weight excluding hydrogens is 668 g/mol. The van der Waals surface area contributed by atoms with Crippen molar-refractivity contribution >= 4 is 29.8 Å². The van der Waals surface area contributed by atoms with Crippen LogP contribution in [0.25, 0.3) is 0 Å². The molecule has 11 heteroatoms. The highest BCUT2D eigenvalue weighted by molar-refractivity contribution is 5.92. The van der Waals surface area contributed by atoms with Crippen molar-refractivity contribution in [2.24, 2.45) is 0 Å². The molecule has 0 saturated carbocycles. The summed E-state index contributed by atoms with van der Waals surface area (Å²) in [5.41, 5.74) is 0.762. The first-order chi connectivity index (χ1) is 25.4. The molecule has 6 rings (SSSR count). The summed E-state index contributed by atoms with van der Waals surface area (Å²) >= 11 is 0. The van der Waals surface area contributed by atoms with E-state index in [9.17, 15) is 24.0 Å². The zero-order valence-corrected chi connectivity index (χ0v) is 27.5. The third-order valence-corrected chi connectivity index (χ3v) is 7.97. The van der Waals surface area contributed by atoms with Crippen molar-refractivity contribution < 1.29 is 52.4 Å². The van der Waals surface area contributed by atoms with Gasteiger partial charge in [-0.3, -0.25) is 0 Å². The molecule has 0 unspecified atom stereocenters. The number of carbonyl (C=O) groups excluding carboxylic acids is 5. The van der Waals surface area contributed by atoms with Crippen LogP contribution in [0, 0.1) is 0 Å². The monoisotopic (exact) mass is 700 g/mol. The Morgan fingerprint density at radius 2 is 0.692 bits per heavy atom. The van der Waals surface area contributed by atoms with Gasteiger partial charge in [0, 0.05) is 0 Å². The van der Waals surface area contributed by atoms with Crippen LogP contribution in [0.1, 0.15) is 51.8 Å². The van der Waals surface area contributed by atoms with Gasteiger partial charge in [0.15, 0.2) is 12.2 Å². The minimum absolute atomic E-state index is 0.125. The largest absolute Gasteiger partial charge is 0.459 e. The topological polar surface area (TPSA) is 141 Å². The number of esters is 5. The van der Waals surface area contributed by atoms with Crippen molar-refractivity contribution in [2.45, 2.75) is 30.7 Å². The fourth-order valence-corrected chi connectivity index (χ4v) is 5.37. The molecule has 52 heavy (non-hydrogen) atoms. The molecule has 0 bridgehead atoms. The quantitative estimate of drug-likeness (QED) is 0.117. The lowest BCUT2D eigenvalue weighted by Crippen LogP contribution is -2.63. The van der Waals surface area contributed by atoms with E-state index in [0.717, 1.165) is 0 Å². The van der Waals surface area contributed by atoms with Crippen molar-refractivity contribution in [3.63, 3.8) is 0 Å². The number of hydrogen-bond acceptors (Lipinski definition) is 11. The van der Waals surface area contributed by atoms with Crippen molar-refractivity contribution in [2.75, 3.05) is 6.61 Å². The average Bonchev–Trinajstić information content (AvgIpc) is 3.20. The maximum absolute atomic E-state index is 13.7. The number of rotatable bonds is 11. The van der Waals surface area contributed by atoms with Crippen LogP contribution >= 0.6 is 0 Å². The van der Waals surface area contributed by atoms with Crippen LogP contribution in [0.2, 0.25) is 0 Å². The zero-order valence-electron chi connectivity index (χ0n) is 27.5. The molecule has 1 aliphatic rings. The van der Waals surface area contributed by atoms with E-state index in [0.29, 0.717) is 0 Å². The summed E-state index contributed by atoms with van der Waals surface area (Å²) in [5, 5.41) is 0. The fraction of sp³-hybridized carbons (Fsp3) is 0.146. The highest BCUT2D eigenvalue weighted by Gasteiger charge is 2.54. The van der Waals surface area contributed by atoms with E-state index in [4.69, 9.17) is 28.4 Å². The Kier molecular flexibility index (Phi) is 11.4. The van der Waals surface area contributed by atoms with Gasteiger partial charge in [-0.05, 0) is 60.7 Å². The number of ether oxygens (including phenoxy) is 6. The van der Waals surface area contributed by atoms with Gasteiger partial charge in [-0.15, -0.1) is 0 Å².